The zero-order valence-electron chi connectivity index (χ0n) is 13.1. The van der Waals surface area contributed by atoms with Crippen LogP contribution < -0.4 is 9.47 Å². The number of fused-ring (bicyclic) bond motifs is 1. The van der Waals surface area contributed by atoms with Gasteiger partial charge in [-0.25, -0.2) is 4.39 Å². The van der Waals surface area contributed by atoms with E-state index in [2.05, 4.69) is 0 Å². The van der Waals surface area contributed by atoms with E-state index in [0.717, 1.165) is 4.90 Å². The first kappa shape index (κ1) is 16.4. The molecule has 2 aromatic rings. The van der Waals surface area contributed by atoms with E-state index in [1.54, 1.807) is 24.3 Å². The summed E-state index contributed by atoms with van der Waals surface area (Å²) in [6.45, 7) is 0. The third kappa shape index (κ3) is 2.97. The van der Waals surface area contributed by atoms with E-state index in [0.29, 0.717) is 22.5 Å². The smallest absolute Gasteiger partial charge is 0.200 e. The molecular weight excluding hydrogens is 331 g/mol. The van der Waals surface area contributed by atoms with E-state index in [-0.39, 0.29) is 23.0 Å². The predicted molar refractivity (Wildman–Crippen MR) is 90.6 cm³/mol. The van der Waals surface area contributed by atoms with Crippen LogP contribution in [0.5, 0.6) is 17.2 Å². The molecule has 24 heavy (non-hydrogen) atoms. The SMILES string of the molecule is COc1cc(/C=C2/CSc3ccc(F)cc3C2=O)cc(OC)c1O. The fourth-order valence-electron chi connectivity index (χ4n) is 2.51. The third-order valence-electron chi connectivity index (χ3n) is 3.70. The second-order valence-electron chi connectivity index (χ2n) is 5.20. The summed E-state index contributed by atoms with van der Waals surface area (Å²) in [7, 11) is 2.87. The molecule has 1 heterocycles. The van der Waals surface area contributed by atoms with Gasteiger partial charge in [0.2, 0.25) is 5.75 Å². The number of phenols is 1. The molecule has 0 radical (unpaired) electrons. The highest BCUT2D eigenvalue weighted by Gasteiger charge is 2.23. The van der Waals surface area contributed by atoms with Gasteiger partial charge in [0.15, 0.2) is 17.3 Å². The van der Waals surface area contributed by atoms with Crippen molar-refractivity contribution in [2.45, 2.75) is 4.90 Å². The Morgan fingerprint density at radius 1 is 1.17 bits per heavy atom. The van der Waals surface area contributed by atoms with Crippen LogP contribution in [0.1, 0.15) is 15.9 Å². The molecule has 0 saturated heterocycles. The quantitative estimate of drug-likeness (QED) is 0.854. The fraction of sp³-hybridized carbons (Fsp3) is 0.167. The number of benzene rings is 2. The molecule has 2 aromatic carbocycles. The molecule has 0 fully saturated rings. The van der Waals surface area contributed by atoms with Crippen molar-refractivity contribution in [1.29, 1.82) is 0 Å². The number of carbonyl (C=O) groups is 1. The van der Waals surface area contributed by atoms with Crippen molar-refractivity contribution in [2.75, 3.05) is 20.0 Å². The highest BCUT2D eigenvalue weighted by Crippen LogP contribution is 2.39. The third-order valence-corrected chi connectivity index (χ3v) is 4.83. The number of Topliss-reactive ketones (excluding diaryl/α,β-unsaturated/α-hetero) is 1. The van der Waals surface area contributed by atoms with Crippen LogP contribution in [-0.2, 0) is 0 Å². The number of phenolic OH excluding ortho intramolecular Hbond substituents is 1. The number of methoxy groups -OCH3 is 2. The number of carbonyl (C=O) groups excluding carboxylic acids is 1. The summed E-state index contributed by atoms with van der Waals surface area (Å²) < 4.78 is 23.7. The van der Waals surface area contributed by atoms with Crippen molar-refractivity contribution in [3.63, 3.8) is 0 Å². The summed E-state index contributed by atoms with van der Waals surface area (Å²) in [6.07, 6.45) is 1.70. The number of halogens is 1. The van der Waals surface area contributed by atoms with Gasteiger partial charge in [-0.1, -0.05) is 0 Å². The average Bonchev–Trinajstić information content (AvgIpc) is 2.59. The molecule has 6 heteroatoms. The summed E-state index contributed by atoms with van der Waals surface area (Å²) >= 11 is 1.48. The monoisotopic (exact) mass is 346 g/mol. The van der Waals surface area contributed by atoms with Crippen LogP contribution in [0.2, 0.25) is 0 Å². The zero-order valence-corrected chi connectivity index (χ0v) is 13.9. The molecule has 0 unspecified atom stereocenters. The van der Waals surface area contributed by atoms with Crippen LogP contribution in [0, 0.1) is 5.82 Å². The largest absolute Gasteiger partial charge is 0.502 e. The standard InChI is InChI=1S/C18H15FO4S/c1-22-14-6-10(7-15(23-2)18(14)21)5-11-9-24-16-4-3-12(19)8-13(16)17(11)20/h3-8,21H,9H2,1-2H3/b11-5-. The topological polar surface area (TPSA) is 55.8 Å². The van der Waals surface area contributed by atoms with Crippen LogP contribution in [0.4, 0.5) is 4.39 Å². The van der Waals surface area contributed by atoms with Gasteiger partial charge in [0.05, 0.1) is 14.2 Å². The summed E-state index contributed by atoms with van der Waals surface area (Å²) in [5.74, 6) is 0.264. The van der Waals surface area contributed by atoms with Crippen molar-refractivity contribution in [3.8, 4) is 17.2 Å². The maximum atomic E-state index is 13.4. The van der Waals surface area contributed by atoms with Gasteiger partial charge in [0, 0.05) is 21.8 Å². The van der Waals surface area contributed by atoms with E-state index in [4.69, 9.17) is 9.47 Å². The Balaban J connectivity index is 2.02. The van der Waals surface area contributed by atoms with Gasteiger partial charge in [-0.15, -0.1) is 11.8 Å². The Labute approximate surface area is 142 Å². The lowest BCUT2D eigenvalue weighted by Gasteiger charge is -2.17. The molecule has 0 amide bonds. The molecule has 1 aliphatic heterocycles. The molecule has 124 valence electrons. The summed E-state index contributed by atoms with van der Waals surface area (Å²) in [5, 5.41) is 9.95. The molecule has 1 aliphatic rings. The van der Waals surface area contributed by atoms with Crippen molar-refractivity contribution in [1.82, 2.24) is 0 Å². The Morgan fingerprint density at radius 2 is 1.83 bits per heavy atom. The lowest BCUT2D eigenvalue weighted by Crippen LogP contribution is -2.12. The van der Waals surface area contributed by atoms with Gasteiger partial charge >= 0.3 is 0 Å². The normalized spacial score (nSPS) is 15.3. The minimum absolute atomic E-state index is 0.0982. The van der Waals surface area contributed by atoms with Crippen molar-refractivity contribution >= 4 is 23.6 Å². The number of hydrogen-bond donors (Lipinski definition) is 1. The molecule has 0 spiro atoms. The van der Waals surface area contributed by atoms with E-state index < -0.39 is 5.82 Å². The molecule has 0 saturated carbocycles. The van der Waals surface area contributed by atoms with Gasteiger partial charge < -0.3 is 14.6 Å². The Bertz CT molecular complexity index is 820. The minimum Gasteiger partial charge on any atom is -0.502 e. The fourth-order valence-corrected chi connectivity index (χ4v) is 3.50. The van der Waals surface area contributed by atoms with Gasteiger partial charge in [-0.05, 0) is 42.0 Å². The molecule has 1 N–H and O–H groups in total. The minimum atomic E-state index is -0.433. The first-order valence-corrected chi connectivity index (χ1v) is 8.14. The van der Waals surface area contributed by atoms with Gasteiger partial charge in [-0.2, -0.15) is 0 Å². The first-order chi connectivity index (χ1) is 11.5. The number of aromatic hydroxyl groups is 1. The van der Waals surface area contributed by atoms with Crippen LogP contribution in [-0.4, -0.2) is 30.9 Å². The number of hydrogen-bond acceptors (Lipinski definition) is 5. The van der Waals surface area contributed by atoms with Gasteiger partial charge in [0.25, 0.3) is 0 Å². The van der Waals surface area contributed by atoms with Gasteiger partial charge in [0.1, 0.15) is 5.82 Å². The van der Waals surface area contributed by atoms with Gasteiger partial charge in [-0.3, -0.25) is 4.79 Å². The predicted octanol–water partition coefficient (Wildman–Crippen LogP) is 3.92. The van der Waals surface area contributed by atoms with E-state index in [9.17, 15) is 14.3 Å². The number of ketones is 1. The molecular formula is C18H15FO4S. The molecule has 0 atom stereocenters. The highest BCUT2D eigenvalue weighted by molar-refractivity contribution is 7.99. The molecule has 0 bridgehead atoms. The molecule has 3 rings (SSSR count). The Hall–Kier alpha value is -2.47. The van der Waals surface area contributed by atoms with E-state index >= 15 is 0 Å². The lowest BCUT2D eigenvalue weighted by atomic mass is 10.0. The van der Waals surface area contributed by atoms with Crippen LogP contribution >= 0.6 is 11.8 Å². The molecule has 0 aliphatic carbocycles. The van der Waals surface area contributed by atoms with Crippen LogP contribution in [0.15, 0.2) is 40.8 Å². The number of ether oxygens (including phenoxy) is 2. The maximum absolute atomic E-state index is 13.4. The van der Waals surface area contributed by atoms with Crippen LogP contribution in [0.25, 0.3) is 6.08 Å². The van der Waals surface area contributed by atoms with Crippen molar-refractivity contribution in [3.05, 3.63) is 52.8 Å². The van der Waals surface area contributed by atoms with Crippen molar-refractivity contribution in [2.24, 2.45) is 0 Å². The van der Waals surface area contributed by atoms with Crippen LogP contribution in [0.3, 0.4) is 0 Å². The summed E-state index contributed by atoms with van der Waals surface area (Å²) in [4.78, 5) is 13.4. The maximum Gasteiger partial charge on any atom is 0.200 e. The molecule has 4 nitrogen and oxygen atoms in total. The van der Waals surface area contributed by atoms with E-state index in [1.165, 1.54) is 38.1 Å². The molecule has 0 aromatic heterocycles. The van der Waals surface area contributed by atoms with E-state index in [1.807, 2.05) is 0 Å². The van der Waals surface area contributed by atoms with Crippen molar-refractivity contribution < 1.29 is 23.8 Å². The average molecular weight is 346 g/mol. The highest BCUT2D eigenvalue weighted by atomic mass is 32.2. The number of rotatable bonds is 3. The second-order valence-corrected chi connectivity index (χ2v) is 6.22. The zero-order chi connectivity index (χ0) is 17.3. The number of thioether (sulfide) groups is 1. The Kier molecular flexibility index (Phi) is 4.49. The summed E-state index contributed by atoms with van der Waals surface area (Å²) in [5.41, 5.74) is 1.58. The lowest BCUT2D eigenvalue weighted by molar-refractivity contribution is 0.103. The first-order valence-electron chi connectivity index (χ1n) is 7.16. The second kappa shape index (κ2) is 6.57. The summed E-state index contributed by atoms with van der Waals surface area (Å²) in [6, 6.07) is 7.46. The Morgan fingerprint density at radius 3 is 2.46 bits per heavy atom.